The molecule has 0 unspecified atom stereocenters. The van der Waals surface area contributed by atoms with E-state index in [-0.39, 0.29) is 12.0 Å². The minimum Gasteiger partial charge on any atom is -0.474 e. The molecule has 4 aromatic rings. The summed E-state index contributed by atoms with van der Waals surface area (Å²) in [6.07, 6.45) is 7.10. The van der Waals surface area contributed by atoms with E-state index in [1.807, 2.05) is 43.6 Å². The molecule has 4 heterocycles. The van der Waals surface area contributed by atoms with Crippen LogP contribution in [0.5, 0.6) is 5.88 Å². The van der Waals surface area contributed by atoms with Gasteiger partial charge in [-0.1, -0.05) is 6.07 Å². The first-order chi connectivity index (χ1) is 17.0. The number of amides is 1. The van der Waals surface area contributed by atoms with Gasteiger partial charge in [-0.05, 0) is 36.8 Å². The Balaban J connectivity index is 1.52. The SMILES string of the molecule is Cc1cc(C(=O)N(C)C)ccc1Nc1nc(OC2CCOCC2)c2c(-c3cccnc3)c[nH]c2n1. The number of aromatic nitrogens is 4. The summed E-state index contributed by atoms with van der Waals surface area (Å²) in [7, 11) is 3.48. The number of nitrogens with zero attached hydrogens (tertiary/aromatic N) is 4. The Bertz CT molecular complexity index is 1350. The van der Waals surface area contributed by atoms with Gasteiger partial charge in [0, 0.05) is 67.9 Å². The molecule has 35 heavy (non-hydrogen) atoms. The fraction of sp³-hybridized carbons (Fsp3) is 0.308. The van der Waals surface area contributed by atoms with E-state index >= 15 is 0 Å². The van der Waals surface area contributed by atoms with Gasteiger partial charge in [0.05, 0.1) is 18.6 Å². The Morgan fingerprint density at radius 2 is 2.03 bits per heavy atom. The van der Waals surface area contributed by atoms with E-state index in [9.17, 15) is 4.79 Å². The highest BCUT2D eigenvalue weighted by Gasteiger charge is 2.22. The highest BCUT2D eigenvalue weighted by atomic mass is 16.5. The van der Waals surface area contributed by atoms with E-state index < -0.39 is 0 Å². The lowest BCUT2D eigenvalue weighted by atomic mass is 10.1. The third kappa shape index (κ3) is 4.81. The number of H-pyrrole nitrogens is 1. The molecule has 1 saturated heterocycles. The van der Waals surface area contributed by atoms with Crippen LogP contribution in [0.25, 0.3) is 22.2 Å². The van der Waals surface area contributed by atoms with Crippen molar-refractivity contribution in [1.29, 1.82) is 0 Å². The van der Waals surface area contributed by atoms with Gasteiger partial charge in [-0.2, -0.15) is 9.97 Å². The molecule has 2 N–H and O–H groups in total. The number of nitrogens with one attached hydrogen (secondary N) is 2. The Morgan fingerprint density at radius 3 is 2.74 bits per heavy atom. The van der Waals surface area contributed by atoms with Crippen molar-refractivity contribution in [3.63, 3.8) is 0 Å². The van der Waals surface area contributed by atoms with Gasteiger partial charge in [0.25, 0.3) is 5.91 Å². The van der Waals surface area contributed by atoms with E-state index in [1.54, 1.807) is 31.3 Å². The van der Waals surface area contributed by atoms with Crippen molar-refractivity contribution < 1.29 is 14.3 Å². The predicted octanol–water partition coefficient (Wildman–Crippen LogP) is 4.33. The zero-order valence-electron chi connectivity index (χ0n) is 20.0. The monoisotopic (exact) mass is 472 g/mol. The largest absolute Gasteiger partial charge is 0.474 e. The standard InChI is InChI=1S/C26H28N6O3/c1-16-13-17(25(33)32(2)3)6-7-21(16)29-26-30-23-22(20(15-28-23)18-5-4-10-27-14-18)24(31-26)35-19-8-11-34-12-9-19/h4-7,10,13-15,19H,8-9,11-12H2,1-3H3,(H2,28,29,30,31). The summed E-state index contributed by atoms with van der Waals surface area (Å²) in [5, 5.41) is 4.12. The first-order valence-corrected chi connectivity index (χ1v) is 11.6. The Kier molecular flexibility index (Phi) is 6.33. The maximum atomic E-state index is 12.3. The number of pyridine rings is 1. The van der Waals surface area contributed by atoms with Gasteiger partial charge >= 0.3 is 0 Å². The molecule has 3 aromatic heterocycles. The molecule has 1 aliphatic heterocycles. The van der Waals surface area contributed by atoms with Crippen molar-refractivity contribution in [3.8, 4) is 17.0 Å². The molecule has 0 spiro atoms. The molecule has 0 atom stereocenters. The van der Waals surface area contributed by atoms with Crippen LogP contribution in [-0.4, -0.2) is 64.2 Å². The second kappa shape index (κ2) is 9.71. The molecular weight excluding hydrogens is 444 g/mol. The number of fused-ring (bicyclic) bond motifs is 1. The van der Waals surface area contributed by atoms with Crippen molar-refractivity contribution in [1.82, 2.24) is 24.8 Å². The van der Waals surface area contributed by atoms with Crippen LogP contribution < -0.4 is 10.1 Å². The zero-order valence-corrected chi connectivity index (χ0v) is 20.0. The van der Waals surface area contributed by atoms with Crippen LogP contribution in [0.1, 0.15) is 28.8 Å². The van der Waals surface area contributed by atoms with E-state index in [1.165, 1.54) is 0 Å². The maximum Gasteiger partial charge on any atom is 0.253 e. The summed E-state index contributed by atoms with van der Waals surface area (Å²) in [5.41, 5.74) is 4.91. The van der Waals surface area contributed by atoms with Crippen molar-refractivity contribution in [2.24, 2.45) is 0 Å². The highest BCUT2D eigenvalue weighted by Crippen LogP contribution is 2.35. The van der Waals surface area contributed by atoms with Gasteiger partial charge in [0.1, 0.15) is 11.8 Å². The fourth-order valence-corrected chi connectivity index (χ4v) is 4.16. The minimum atomic E-state index is -0.0428. The summed E-state index contributed by atoms with van der Waals surface area (Å²) >= 11 is 0. The number of ether oxygens (including phenoxy) is 2. The lowest BCUT2D eigenvalue weighted by Crippen LogP contribution is -2.26. The Hall–Kier alpha value is -3.98. The smallest absolute Gasteiger partial charge is 0.253 e. The summed E-state index contributed by atoms with van der Waals surface area (Å²) in [5.74, 6) is 0.884. The highest BCUT2D eigenvalue weighted by molar-refractivity contribution is 5.98. The molecule has 1 fully saturated rings. The second-order valence-electron chi connectivity index (χ2n) is 8.80. The summed E-state index contributed by atoms with van der Waals surface area (Å²) < 4.78 is 11.9. The first kappa shape index (κ1) is 22.8. The van der Waals surface area contributed by atoms with Gasteiger partial charge in [-0.25, -0.2) is 0 Å². The number of aryl methyl sites for hydroxylation is 1. The number of benzene rings is 1. The first-order valence-electron chi connectivity index (χ1n) is 11.6. The van der Waals surface area contributed by atoms with Crippen LogP contribution in [0, 0.1) is 6.92 Å². The molecule has 1 amide bonds. The number of anilines is 2. The van der Waals surface area contributed by atoms with Crippen LogP contribution in [0.15, 0.2) is 48.9 Å². The van der Waals surface area contributed by atoms with E-state index in [2.05, 4.69) is 15.3 Å². The van der Waals surface area contributed by atoms with Crippen LogP contribution in [0.2, 0.25) is 0 Å². The number of hydrogen-bond donors (Lipinski definition) is 2. The minimum absolute atomic E-state index is 0.0180. The van der Waals surface area contributed by atoms with E-state index in [4.69, 9.17) is 19.4 Å². The van der Waals surface area contributed by atoms with Gasteiger partial charge in [0.2, 0.25) is 11.8 Å². The number of carbonyl (C=O) groups excluding carboxylic acids is 1. The molecule has 9 heteroatoms. The molecular formula is C26H28N6O3. The van der Waals surface area contributed by atoms with Crippen LogP contribution in [-0.2, 0) is 4.74 Å². The molecule has 0 aliphatic carbocycles. The lowest BCUT2D eigenvalue weighted by Gasteiger charge is -2.23. The number of carbonyl (C=O) groups is 1. The number of aromatic amines is 1. The topological polar surface area (TPSA) is 105 Å². The average molecular weight is 473 g/mol. The number of rotatable bonds is 6. The molecule has 0 radical (unpaired) electrons. The van der Waals surface area contributed by atoms with Crippen LogP contribution in [0.3, 0.4) is 0 Å². The average Bonchev–Trinajstić information content (AvgIpc) is 3.30. The normalized spacial score (nSPS) is 14.1. The number of hydrogen-bond acceptors (Lipinski definition) is 7. The van der Waals surface area contributed by atoms with Gasteiger partial charge in [-0.3, -0.25) is 9.78 Å². The third-order valence-corrected chi connectivity index (χ3v) is 6.04. The predicted molar refractivity (Wildman–Crippen MR) is 134 cm³/mol. The van der Waals surface area contributed by atoms with Crippen LogP contribution >= 0.6 is 0 Å². The van der Waals surface area contributed by atoms with Gasteiger partial charge in [0.15, 0.2) is 0 Å². The molecule has 9 nitrogen and oxygen atoms in total. The van der Waals surface area contributed by atoms with Crippen molar-refractivity contribution in [2.45, 2.75) is 25.9 Å². The summed E-state index contributed by atoms with van der Waals surface area (Å²) in [4.78, 5) is 30.9. The van der Waals surface area contributed by atoms with Crippen LogP contribution in [0.4, 0.5) is 11.6 Å². The molecule has 5 rings (SSSR count). The summed E-state index contributed by atoms with van der Waals surface area (Å²) in [6, 6.07) is 9.42. The molecule has 1 aromatic carbocycles. The zero-order chi connectivity index (χ0) is 24.4. The van der Waals surface area contributed by atoms with Crippen molar-refractivity contribution in [3.05, 3.63) is 60.0 Å². The second-order valence-corrected chi connectivity index (χ2v) is 8.80. The van der Waals surface area contributed by atoms with Crippen molar-refractivity contribution >= 4 is 28.6 Å². The lowest BCUT2D eigenvalue weighted by molar-refractivity contribution is 0.0244. The van der Waals surface area contributed by atoms with Crippen molar-refractivity contribution in [2.75, 3.05) is 32.6 Å². The fourth-order valence-electron chi connectivity index (χ4n) is 4.16. The van der Waals surface area contributed by atoms with E-state index in [0.717, 1.165) is 40.6 Å². The molecule has 1 aliphatic rings. The Labute approximate surface area is 203 Å². The Morgan fingerprint density at radius 1 is 1.20 bits per heavy atom. The van der Waals surface area contributed by atoms with Gasteiger partial charge in [-0.15, -0.1) is 0 Å². The van der Waals surface area contributed by atoms with Gasteiger partial charge < -0.3 is 24.7 Å². The molecule has 180 valence electrons. The maximum absolute atomic E-state index is 12.3. The molecule has 0 saturated carbocycles. The summed E-state index contributed by atoms with van der Waals surface area (Å²) in [6.45, 7) is 3.29. The quantitative estimate of drug-likeness (QED) is 0.430. The third-order valence-electron chi connectivity index (χ3n) is 6.04. The molecule has 0 bridgehead atoms. The van der Waals surface area contributed by atoms with E-state index in [0.29, 0.717) is 36.3 Å².